The summed E-state index contributed by atoms with van der Waals surface area (Å²) in [6, 6.07) is 12.2. The molecular formula is C14H12BrClIN. The predicted octanol–water partition coefficient (Wildman–Crippen LogP) is 5.63. The number of benzene rings is 2. The second-order valence-electron chi connectivity index (χ2n) is 4.06. The first-order valence-corrected chi connectivity index (χ1v) is 7.75. The lowest BCUT2D eigenvalue weighted by Gasteiger charge is -2.10. The summed E-state index contributed by atoms with van der Waals surface area (Å²) in [4.78, 5) is 0. The molecule has 94 valence electrons. The Morgan fingerprint density at radius 3 is 2.67 bits per heavy atom. The molecule has 0 aliphatic heterocycles. The summed E-state index contributed by atoms with van der Waals surface area (Å²) in [7, 11) is 0. The monoisotopic (exact) mass is 435 g/mol. The first-order chi connectivity index (χ1) is 8.56. The Hall–Kier alpha value is -0.260. The van der Waals surface area contributed by atoms with Gasteiger partial charge in [0, 0.05) is 25.3 Å². The molecule has 18 heavy (non-hydrogen) atoms. The molecule has 0 saturated heterocycles. The van der Waals surface area contributed by atoms with E-state index in [4.69, 9.17) is 11.6 Å². The summed E-state index contributed by atoms with van der Waals surface area (Å²) in [5, 5.41) is 4.19. The molecule has 4 heteroatoms. The third kappa shape index (κ3) is 3.62. The van der Waals surface area contributed by atoms with Crippen LogP contribution in [0, 0.1) is 10.5 Å². The zero-order chi connectivity index (χ0) is 13.1. The van der Waals surface area contributed by atoms with E-state index in [1.165, 1.54) is 11.1 Å². The van der Waals surface area contributed by atoms with Gasteiger partial charge in [0.15, 0.2) is 0 Å². The Morgan fingerprint density at radius 2 is 2.00 bits per heavy atom. The van der Waals surface area contributed by atoms with Crippen molar-refractivity contribution < 1.29 is 0 Å². The lowest BCUT2D eigenvalue weighted by molar-refractivity contribution is 1.13. The van der Waals surface area contributed by atoms with Crippen LogP contribution in [0.15, 0.2) is 40.9 Å². The fraction of sp³-hybridized carbons (Fsp3) is 0.143. The molecule has 2 aromatic rings. The van der Waals surface area contributed by atoms with E-state index in [-0.39, 0.29) is 0 Å². The summed E-state index contributed by atoms with van der Waals surface area (Å²) >= 11 is 11.7. The van der Waals surface area contributed by atoms with Gasteiger partial charge in [-0.05, 0) is 64.9 Å². The van der Waals surface area contributed by atoms with E-state index in [0.717, 1.165) is 25.3 Å². The molecule has 0 saturated carbocycles. The SMILES string of the molecule is Cc1cc(CNc2ccc(Cl)cc2I)ccc1Br. The molecule has 0 aliphatic rings. The molecule has 1 N–H and O–H groups in total. The number of halogens is 3. The standard InChI is InChI=1S/C14H12BrClIN/c1-9-6-10(2-4-12(9)15)8-18-14-5-3-11(16)7-13(14)17/h2-7,18H,8H2,1H3. The summed E-state index contributed by atoms with van der Waals surface area (Å²) in [6.07, 6.45) is 0. The van der Waals surface area contributed by atoms with Crippen molar-refractivity contribution in [1.29, 1.82) is 0 Å². The minimum absolute atomic E-state index is 0.768. The van der Waals surface area contributed by atoms with E-state index in [2.05, 4.69) is 69.0 Å². The van der Waals surface area contributed by atoms with Gasteiger partial charge >= 0.3 is 0 Å². The van der Waals surface area contributed by atoms with Gasteiger partial charge in [0.25, 0.3) is 0 Å². The summed E-state index contributed by atoms with van der Waals surface area (Å²) in [5.41, 5.74) is 3.63. The van der Waals surface area contributed by atoms with Crippen molar-refractivity contribution in [2.45, 2.75) is 13.5 Å². The maximum atomic E-state index is 5.93. The van der Waals surface area contributed by atoms with Crippen LogP contribution in [0.1, 0.15) is 11.1 Å². The molecule has 0 unspecified atom stereocenters. The molecule has 2 aromatic carbocycles. The maximum absolute atomic E-state index is 5.93. The highest BCUT2D eigenvalue weighted by molar-refractivity contribution is 14.1. The molecule has 0 atom stereocenters. The van der Waals surface area contributed by atoms with Gasteiger partial charge in [-0.15, -0.1) is 0 Å². The topological polar surface area (TPSA) is 12.0 Å². The van der Waals surface area contributed by atoms with Gasteiger partial charge in [-0.3, -0.25) is 0 Å². The van der Waals surface area contributed by atoms with E-state index >= 15 is 0 Å². The lowest BCUT2D eigenvalue weighted by Crippen LogP contribution is -2.01. The van der Waals surface area contributed by atoms with E-state index in [9.17, 15) is 0 Å². The van der Waals surface area contributed by atoms with Crippen molar-refractivity contribution in [3.8, 4) is 0 Å². The molecule has 1 nitrogen and oxygen atoms in total. The first kappa shape index (κ1) is 14.2. The molecule has 0 aromatic heterocycles. The van der Waals surface area contributed by atoms with Crippen LogP contribution in [-0.4, -0.2) is 0 Å². The Kier molecular flexibility index (Phi) is 4.92. The van der Waals surface area contributed by atoms with Gasteiger partial charge in [-0.1, -0.05) is 39.7 Å². The van der Waals surface area contributed by atoms with Gasteiger partial charge in [0.2, 0.25) is 0 Å². The fourth-order valence-electron chi connectivity index (χ4n) is 1.65. The molecule has 0 fully saturated rings. The quantitative estimate of drug-likeness (QED) is 0.615. The Bertz CT molecular complexity index is 572. The Labute approximate surface area is 134 Å². The van der Waals surface area contributed by atoms with Gasteiger partial charge in [-0.25, -0.2) is 0 Å². The van der Waals surface area contributed by atoms with E-state index in [0.29, 0.717) is 0 Å². The number of hydrogen-bond donors (Lipinski definition) is 1. The third-order valence-corrected chi connectivity index (χ3v) is 4.65. The maximum Gasteiger partial charge on any atom is 0.0479 e. The highest BCUT2D eigenvalue weighted by atomic mass is 127. The summed E-state index contributed by atoms with van der Waals surface area (Å²) < 4.78 is 2.28. The third-order valence-electron chi connectivity index (χ3n) is 2.64. The Morgan fingerprint density at radius 1 is 1.22 bits per heavy atom. The normalized spacial score (nSPS) is 10.4. The number of aryl methyl sites for hydroxylation is 1. The average molecular weight is 437 g/mol. The average Bonchev–Trinajstić information content (AvgIpc) is 2.32. The van der Waals surface area contributed by atoms with Gasteiger partial charge < -0.3 is 5.32 Å². The predicted molar refractivity (Wildman–Crippen MR) is 90.4 cm³/mol. The zero-order valence-corrected chi connectivity index (χ0v) is 14.3. The minimum atomic E-state index is 0.768. The van der Waals surface area contributed by atoms with Gasteiger partial charge in [0.1, 0.15) is 0 Å². The van der Waals surface area contributed by atoms with Crippen LogP contribution in [0.2, 0.25) is 5.02 Å². The minimum Gasteiger partial charge on any atom is -0.380 e. The molecule has 0 aliphatic carbocycles. The number of rotatable bonds is 3. The van der Waals surface area contributed by atoms with Crippen LogP contribution in [-0.2, 0) is 6.54 Å². The number of anilines is 1. The largest absolute Gasteiger partial charge is 0.380 e. The van der Waals surface area contributed by atoms with Crippen LogP contribution in [0.3, 0.4) is 0 Å². The van der Waals surface area contributed by atoms with Crippen molar-refractivity contribution in [2.75, 3.05) is 5.32 Å². The van der Waals surface area contributed by atoms with Crippen LogP contribution in [0.25, 0.3) is 0 Å². The second-order valence-corrected chi connectivity index (χ2v) is 6.51. The first-order valence-electron chi connectivity index (χ1n) is 5.50. The van der Waals surface area contributed by atoms with E-state index in [1.54, 1.807) is 0 Å². The summed E-state index contributed by atoms with van der Waals surface area (Å²) in [5.74, 6) is 0. The molecule has 0 radical (unpaired) electrons. The van der Waals surface area contributed by atoms with Crippen LogP contribution < -0.4 is 5.32 Å². The van der Waals surface area contributed by atoms with Crippen LogP contribution >= 0.6 is 50.1 Å². The van der Waals surface area contributed by atoms with Crippen molar-refractivity contribution in [3.63, 3.8) is 0 Å². The smallest absolute Gasteiger partial charge is 0.0479 e. The van der Waals surface area contributed by atoms with Gasteiger partial charge in [-0.2, -0.15) is 0 Å². The zero-order valence-electron chi connectivity index (χ0n) is 9.81. The van der Waals surface area contributed by atoms with Gasteiger partial charge in [0.05, 0.1) is 0 Å². The number of hydrogen-bond acceptors (Lipinski definition) is 1. The van der Waals surface area contributed by atoms with Crippen molar-refractivity contribution in [2.24, 2.45) is 0 Å². The highest BCUT2D eigenvalue weighted by Gasteiger charge is 2.01. The van der Waals surface area contributed by atoms with Crippen LogP contribution in [0.5, 0.6) is 0 Å². The van der Waals surface area contributed by atoms with E-state index in [1.807, 2.05) is 18.2 Å². The van der Waals surface area contributed by atoms with Crippen molar-refractivity contribution in [3.05, 3.63) is 60.6 Å². The highest BCUT2D eigenvalue weighted by Crippen LogP contribution is 2.23. The van der Waals surface area contributed by atoms with Crippen molar-refractivity contribution in [1.82, 2.24) is 0 Å². The molecule has 2 rings (SSSR count). The molecule has 0 spiro atoms. The van der Waals surface area contributed by atoms with Crippen LogP contribution in [0.4, 0.5) is 5.69 Å². The Balaban J connectivity index is 2.09. The molecular weight excluding hydrogens is 424 g/mol. The lowest BCUT2D eigenvalue weighted by atomic mass is 10.1. The number of nitrogens with one attached hydrogen (secondary N) is 1. The van der Waals surface area contributed by atoms with E-state index < -0.39 is 0 Å². The second kappa shape index (κ2) is 6.26. The fourth-order valence-corrected chi connectivity index (χ4v) is 2.96. The van der Waals surface area contributed by atoms with Crippen molar-refractivity contribution >= 4 is 55.8 Å². The molecule has 0 amide bonds. The molecule has 0 heterocycles. The summed E-state index contributed by atoms with van der Waals surface area (Å²) in [6.45, 7) is 2.91. The molecule has 0 bridgehead atoms.